The maximum Gasteiger partial charge on any atom is 0.243 e. The molecule has 0 spiro atoms. The Kier molecular flexibility index (Phi) is 12.4. The second-order valence-corrected chi connectivity index (χ2v) is 10.5. The Labute approximate surface area is 259 Å². The molecule has 2 aromatic rings. The number of phenols is 1. The van der Waals surface area contributed by atoms with Gasteiger partial charge < -0.3 is 42.7 Å². The number of benzene rings is 2. The standard InChI is InChI=1S/C30H37N7O8/c1-17-28(43)37-22(14-19-7-9-20(38)10-8-19)29(44)33-15-25(40)32-16-26(41)35-23(13-18-5-3-2-4-6-18)30(45)36-21(27(31)42)11-12-24(39)34-17/h2-10,17,21-23,38H,11-16H2,1H3,(H2,31,42)(H,32,40)(H,33,44)(H,34,39)(H,35,41)(H,36,45)(H,37,43)/t17-,21-,22-,23+/m0/s1. The smallest absolute Gasteiger partial charge is 0.243 e. The summed E-state index contributed by atoms with van der Waals surface area (Å²) in [6, 6.07) is 9.97. The third-order valence-electron chi connectivity index (χ3n) is 6.90. The molecule has 0 bridgehead atoms. The minimum atomic E-state index is -1.27. The van der Waals surface area contributed by atoms with E-state index in [-0.39, 0.29) is 31.4 Å². The van der Waals surface area contributed by atoms with Crippen LogP contribution in [0.1, 0.15) is 30.9 Å². The van der Waals surface area contributed by atoms with E-state index in [1.807, 2.05) is 0 Å². The number of amides is 7. The molecule has 1 heterocycles. The fourth-order valence-corrected chi connectivity index (χ4v) is 4.42. The van der Waals surface area contributed by atoms with Crippen LogP contribution in [0.15, 0.2) is 54.6 Å². The van der Waals surface area contributed by atoms with Crippen LogP contribution in [0.5, 0.6) is 5.75 Å². The molecule has 15 nitrogen and oxygen atoms in total. The van der Waals surface area contributed by atoms with Crippen LogP contribution in [0.4, 0.5) is 0 Å². The third-order valence-corrected chi connectivity index (χ3v) is 6.90. The van der Waals surface area contributed by atoms with Gasteiger partial charge in [0.25, 0.3) is 0 Å². The molecule has 15 heteroatoms. The second kappa shape index (κ2) is 16.4. The van der Waals surface area contributed by atoms with Crippen LogP contribution in [0.25, 0.3) is 0 Å². The van der Waals surface area contributed by atoms with Crippen LogP contribution >= 0.6 is 0 Å². The summed E-state index contributed by atoms with van der Waals surface area (Å²) in [5.41, 5.74) is 6.77. The molecule has 7 amide bonds. The molecule has 0 radical (unpaired) electrons. The van der Waals surface area contributed by atoms with Gasteiger partial charge in [-0.05, 0) is 36.6 Å². The predicted octanol–water partition coefficient (Wildman–Crippen LogP) is -2.35. The highest BCUT2D eigenvalue weighted by atomic mass is 16.3. The number of primary amides is 1. The van der Waals surface area contributed by atoms with Crippen molar-refractivity contribution in [1.82, 2.24) is 31.9 Å². The molecule has 0 aromatic heterocycles. The first-order chi connectivity index (χ1) is 21.4. The summed E-state index contributed by atoms with van der Waals surface area (Å²) in [5.74, 6) is -5.14. The van der Waals surface area contributed by atoms with E-state index in [1.54, 1.807) is 42.5 Å². The zero-order valence-corrected chi connectivity index (χ0v) is 24.6. The Bertz CT molecular complexity index is 1400. The number of nitrogens with one attached hydrogen (secondary N) is 6. The second-order valence-electron chi connectivity index (χ2n) is 10.5. The highest BCUT2D eigenvalue weighted by Crippen LogP contribution is 2.12. The number of rotatable bonds is 5. The first-order valence-electron chi connectivity index (χ1n) is 14.3. The van der Waals surface area contributed by atoms with Crippen LogP contribution in [-0.4, -0.2) is 83.7 Å². The minimum Gasteiger partial charge on any atom is -0.508 e. The van der Waals surface area contributed by atoms with Crippen LogP contribution < -0.4 is 37.6 Å². The molecule has 45 heavy (non-hydrogen) atoms. The molecule has 9 N–H and O–H groups in total. The molecule has 1 saturated heterocycles. The van der Waals surface area contributed by atoms with Crippen molar-refractivity contribution in [3.63, 3.8) is 0 Å². The Balaban J connectivity index is 1.81. The molecule has 0 unspecified atom stereocenters. The van der Waals surface area contributed by atoms with E-state index in [0.29, 0.717) is 11.1 Å². The van der Waals surface area contributed by atoms with Crippen LogP contribution in [0.3, 0.4) is 0 Å². The zero-order valence-electron chi connectivity index (χ0n) is 24.6. The lowest BCUT2D eigenvalue weighted by atomic mass is 10.0. The molecule has 240 valence electrons. The quantitative estimate of drug-likeness (QED) is 0.179. The summed E-state index contributed by atoms with van der Waals surface area (Å²) in [5, 5.41) is 24.4. The average molecular weight is 624 g/mol. The number of phenolic OH excluding ortho intramolecular Hbond substituents is 1. The fourth-order valence-electron chi connectivity index (χ4n) is 4.42. The van der Waals surface area contributed by atoms with E-state index in [0.717, 1.165) is 0 Å². The van der Waals surface area contributed by atoms with E-state index in [1.165, 1.54) is 19.1 Å². The van der Waals surface area contributed by atoms with Gasteiger partial charge in [-0.3, -0.25) is 33.6 Å². The molecule has 0 aliphatic carbocycles. The third kappa shape index (κ3) is 11.3. The SMILES string of the molecule is C[C@@H]1NC(=O)CC[C@@H](C(N)=O)NC(=O)[C@@H](Cc2ccccc2)NC(=O)CNC(=O)CNC(=O)[C@H](Cc2ccc(O)cc2)NC1=O. The van der Waals surface area contributed by atoms with Crippen molar-refractivity contribution in [2.45, 2.75) is 56.8 Å². The molecule has 1 fully saturated rings. The molecular weight excluding hydrogens is 586 g/mol. The minimum absolute atomic E-state index is 0.00465. The van der Waals surface area contributed by atoms with E-state index in [9.17, 15) is 38.7 Å². The van der Waals surface area contributed by atoms with Gasteiger partial charge in [-0.1, -0.05) is 42.5 Å². The summed E-state index contributed by atoms with van der Waals surface area (Å²) in [6.07, 6.45) is -0.450. The van der Waals surface area contributed by atoms with Crippen LogP contribution in [0, 0.1) is 0 Å². The van der Waals surface area contributed by atoms with Gasteiger partial charge in [-0.2, -0.15) is 0 Å². The Hall–Kier alpha value is -5.47. The van der Waals surface area contributed by atoms with Gasteiger partial charge in [0, 0.05) is 19.3 Å². The monoisotopic (exact) mass is 623 g/mol. The largest absolute Gasteiger partial charge is 0.508 e. The van der Waals surface area contributed by atoms with Gasteiger partial charge in [-0.25, -0.2) is 0 Å². The van der Waals surface area contributed by atoms with Crippen molar-refractivity contribution in [3.8, 4) is 5.75 Å². The summed E-state index contributed by atoms with van der Waals surface area (Å²) in [7, 11) is 0. The van der Waals surface area contributed by atoms with Crippen LogP contribution in [-0.2, 0) is 46.4 Å². The van der Waals surface area contributed by atoms with E-state index < -0.39 is 78.6 Å². The summed E-state index contributed by atoms with van der Waals surface area (Å²) >= 11 is 0. The number of aromatic hydroxyl groups is 1. The van der Waals surface area contributed by atoms with Gasteiger partial charge in [-0.15, -0.1) is 0 Å². The zero-order chi connectivity index (χ0) is 32.9. The number of nitrogens with two attached hydrogens (primary N) is 1. The molecule has 2 aromatic carbocycles. The van der Waals surface area contributed by atoms with Crippen molar-refractivity contribution < 1.29 is 38.7 Å². The predicted molar refractivity (Wildman–Crippen MR) is 160 cm³/mol. The molecular formula is C30H37N7O8. The Morgan fingerprint density at radius 1 is 0.711 bits per heavy atom. The number of carbonyl (C=O) groups is 7. The van der Waals surface area contributed by atoms with E-state index >= 15 is 0 Å². The van der Waals surface area contributed by atoms with Gasteiger partial charge in [0.1, 0.15) is 29.9 Å². The van der Waals surface area contributed by atoms with E-state index in [2.05, 4.69) is 31.9 Å². The van der Waals surface area contributed by atoms with Crippen LogP contribution in [0.2, 0.25) is 0 Å². The highest BCUT2D eigenvalue weighted by Gasteiger charge is 2.28. The topological polar surface area (TPSA) is 238 Å². The first kappa shape index (κ1) is 34.0. The lowest BCUT2D eigenvalue weighted by Crippen LogP contribution is -2.56. The lowest BCUT2D eigenvalue weighted by molar-refractivity contribution is -0.133. The number of hydrogen-bond donors (Lipinski definition) is 8. The molecule has 1 aliphatic rings. The molecule has 4 atom stereocenters. The van der Waals surface area contributed by atoms with Crippen molar-refractivity contribution in [2.75, 3.05) is 13.1 Å². The Morgan fingerprint density at radius 3 is 1.96 bits per heavy atom. The van der Waals surface area contributed by atoms with Crippen molar-refractivity contribution >= 4 is 41.4 Å². The average Bonchev–Trinajstić information content (AvgIpc) is 3.00. The summed E-state index contributed by atoms with van der Waals surface area (Å²) in [4.78, 5) is 89.1. The fraction of sp³-hybridized carbons (Fsp3) is 0.367. The summed E-state index contributed by atoms with van der Waals surface area (Å²) in [6.45, 7) is 0.332. The molecule has 1 aliphatic heterocycles. The summed E-state index contributed by atoms with van der Waals surface area (Å²) < 4.78 is 0. The van der Waals surface area contributed by atoms with Gasteiger partial charge in [0.2, 0.25) is 41.4 Å². The normalized spacial score (nSPS) is 22.9. The lowest BCUT2D eigenvalue weighted by Gasteiger charge is -2.23. The van der Waals surface area contributed by atoms with Crippen molar-refractivity contribution in [1.29, 1.82) is 0 Å². The van der Waals surface area contributed by atoms with Gasteiger partial charge in [0.05, 0.1) is 13.1 Å². The van der Waals surface area contributed by atoms with Crippen molar-refractivity contribution in [2.24, 2.45) is 5.73 Å². The Morgan fingerprint density at radius 2 is 1.31 bits per heavy atom. The number of hydrogen-bond acceptors (Lipinski definition) is 8. The maximum atomic E-state index is 13.2. The highest BCUT2D eigenvalue weighted by molar-refractivity contribution is 5.95. The van der Waals surface area contributed by atoms with Crippen molar-refractivity contribution in [3.05, 3.63) is 65.7 Å². The van der Waals surface area contributed by atoms with Gasteiger partial charge >= 0.3 is 0 Å². The molecule has 3 rings (SSSR count). The van der Waals surface area contributed by atoms with Gasteiger partial charge in [0.15, 0.2) is 0 Å². The number of carbonyl (C=O) groups excluding carboxylic acids is 7. The van der Waals surface area contributed by atoms with E-state index in [4.69, 9.17) is 5.73 Å². The maximum absolute atomic E-state index is 13.2. The molecule has 0 saturated carbocycles. The first-order valence-corrected chi connectivity index (χ1v) is 14.3.